The van der Waals surface area contributed by atoms with Crippen molar-refractivity contribution >= 4 is 23.2 Å². The molecule has 1 heterocycles. The summed E-state index contributed by atoms with van der Waals surface area (Å²) in [6.07, 6.45) is 1.07. The molecule has 0 radical (unpaired) electrons. The molecule has 0 aliphatic heterocycles. The van der Waals surface area contributed by atoms with Crippen molar-refractivity contribution in [1.82, 2.24) is 4.98 Å². The SMILES string of the molecule is COc1cccc(COC(C)C(=O)N(Cc2ccccn2)c2ccc(Cl)cc2)c1. The highest BCUT2D eigenvalue weighted by molar-refractivity contribution is 6.30. The molecule has 0 aliphatic rings. The molecule has 0 saturated carbocycles. The Balaban J connectivity index is 1.74. The van der Waals surface area contributed by atoms with Crippen molar-refractivity contribution in [2.45, 2.75) is 26.2 Å². The second-order valence-electron chi connectivity index (χ2n) is 6.53. The molecule has 0 fully saturated rings. The van der Waals surface area contributed by atoms with Crippen molar-refractivity contribution < 1.29 is 14.3 Å². The fourth-order valence-electron chi connectivity index (χ4n) is 2.85. The van der Waals surface area contributed by atoms with Crippen LogP contribution in [0.1, 0.15) is 18.2 Å². The fourth-order valence-corrected chi connectivity index (χ4v) is 2.97. The number of aromatic nitrogens is 1. The van der Waals surface area contributed by atoms with E-state index in [4.69, 9.17) is 21.1 Å². The molecule has 0 spiro atoms. The van der Waals surface area contributed by atoms with Crippen LogP contribution < -0.4 is 9.64 Å². The van der Waals surface area contributed by atoms with E-state index >= 15 is 0 Å². The molecule has 0 aliphatic carbocycles. The van der Waals surface area contributed by atoms with Crippen molar-refractivity contribution in [3.05, 3.63) is 89.2 Å². The van der Waals surface area contributed by atoms with Crippen LogP contribution in [0, 0.1) is 0 Å². The first-order chi connectivity index (χ1) is 14.1. The standard InChI is InChI=1S/C23H23ClN2O3/c1-17(29-16-18-6-5-8-22(14-18)28-2)23(27)26(15-20-7-3-4-13-25-20)21-11-9-19(24)10-12-21/h3-14,17H,15-16H2,1-2H3. The predicted molar refractivity (Wildman–Crippen MR) is 114 cm³/mol. The van der Waals surface area contributed by atoms with Crippen LogP contribution in [0.25, 0.3) is 0 Å². The van der Waals surface area contributed by atoms with Gasteiger partial charge < -0.3 is 14.4 Å². The molecule has 1 amide bonds. The van der Waals surface area contributed by atoms with E-state index < -0.39 is 6.10 Å². The maximum absolute atomic E-state index is 13.2. The first kappa shape index (κ1) is 20.8. The number of rotatable bonds is 8. The lowest BCUT2D eigenvalue weighted by atomic mass is 10.2. The fraction of sp³-hybridized carbons (Fsp3) is 0.217. The van der Waals surface area contributed by atoms with E-state index in [9.17, 15) is 4.79 Å². The Morgan fingerprint density at radius 3 is 2.59 bits per heavy atom. The van der Waals surface area contributed by atoms with Gasteiger partial charge in [-0.2, -0.15) is 0 Å². The normalized spacial score (nSPS) is 11.7. The minimum atomic E-state index is -0.638. The summed E-state index contributed by atoms with van der Waals surface area (Å²) in [7, 11) is 1.62. The molecule has 0 saturated heterocycles. The van der Waals surface area contributed by atoms with Gasteiger partial charge in [0.15, 0.2) is 0 Å². The largest absolute Gasteiger partial charge is 0.497 e. The number of carbonyl (C=O) groups is 1. The summed E-state index contributed by atoms with van der Waals surface area (Å²) in [5, 5.41) is 0.612. The molecule has 150 valence electrons. The number of nitrogens with zero attached hydrogens (tertiary/aromatic N) is 2. The highest BCUT2D eigenvalue weighted by atomic mass is 35.5. The molecule has 5 nitrogen and oxygen atoms in total. The maximum atomic E-state index is 13.2. The van der Waals surface area contributed by atoms with Crippen molar-refractivity contribution in [2.24, 2.45) is 0 Å². The van der Waals surface area contributed by atoms with Gasteiger partial charge in [-0.3, -0.25) is 9.78 Å². The van der Waals surface area contributed by atoms with Crippen molar-refractivity contribution in [1.29, 1.82) is 0 Å². The van der Waals surface area contributed by atoms with Crippen molar-refractivity contribution in [3.8, 4) is 5.75 Å². The molecular weight excluding hydrogens is 388 g/mol. The van der Waals surface area contributed by atoms with Crippen LogP contribution in [0.15, 0.2) is 72.9 Å². The number of methoxy groups -OCH3 is 1. The lowest BCUT2D eigenvalue weighted by molar-refractivity contribution is -0.129. The zero-order valence-corrected chi connectivity index (χ0v) is 17.2. The van der Waals surface area contributed by atoms with E-state index in [2.05, 4.69) is 4.98 Å². The zero-order chi connectivity index (χ0) is 20.6. The number of carbonyl (C=O) groups excluding carboxylic acids is 1. The van der Waals surface area contributed by atoms with Gasteiger partial charge in [0, 0.05) is 16.9 Å². The first-order valence-electron chi connectivity index (χ1n) is 9.28. The molecule has 1 unspecified atom stereocenters. The highest BCUT2D eigenvalue weighted by Crippen LogP contribution is 2.22. The molecule has 3 aromatic rings. The lowest BCUT2D eigenvalue weighted by Crippen LogP contribution is -2.39. The molecule has 29 heavy (non-hydrogen) atoms. The minimum absolute atomic E-state index is 0.152. The van der Waals surface area contributed by atoms with Gasteiger partial charge in [-0.05, 0) is 61.0 Å². The monoisotopic (exact) mass is 410 g/mol. The molecule has 1 aromatic heterocycles. The number of hydrogen-bond donors (Lipinski definition) is 0. The summed E-state index contributed by atoms with van der Waals surface area (Å²) >= 11 is 6.01. The van der Waals surface area contributed by atoms with Gasteiger partial charge in [0.1, 0.15) is 11.9 Å². The summed E-state index contributed by atoms with van der Waals surface area (Å²) < 4.78 is 11.1. The third-order valence-corrected chi connectivity index (χ3v) is 4.68. The van der Waals surface area contributed by atoms with Crippen LogP contribution in [0.5, 0.6) is 5.75 Å². The number of hydrogen-bond acceptors (Lipinski definition) is 4. The van der Waals surface area contributed by atoms with Crippen LogP contribution in [-0.2, 0) is 22.7 Å². The van der Waals surface area contributed by atoms with Gasteiger partial charge in [-0.1, -0.05) is 29.8 Å². The summed E-state index contributed by atoms with van der Waals surface area (Å²) in [4.78, 5) is 19.2. The van der Waals surface area contributed by atoms with Crippen molar-refractivity contribution in [3.63, 3.8) is 0 Å². The van der Waals surface area contributed by atoms with Gasteiger partial charge in [-0.15, -0.1) is 0 Å². The van der Waals surface area contributed by atoms with E-state index in [0.717, 1.165) is 22.7 Å². The molecule has 2 aromatic carbocycles. The second kappa shape index (κ2) is 10.0. The number of anilines is 1. The van der Waals surface area contributed by atoms with E-state index in [-0.39, 0.29) is 5.91 Å². The summed E-state index contributed by atoms with van der Waals surface area (Å²) in [6.45, 7) is 2.40. The van der Waals surface area contributed by atoms with Crippen LogP contribution in [-0.4, -0.2) is 24.1 Å². The second-order valence-corrected chi connectivity index (χ2v) is 6.96. The van der Waals surface area contributed by atoms with Crippen LogP contribution >= 0.6 is 11.6 Å². The molecule has 3 rings (SSSR count). The van der Waals surface area contributed by atoms with Gasteiger partial charge in [0.05, 0.1) is 26.0 Å². The van der Waals surface area contributed by atoms with Gasteiger partial charge >= 0.3 is 0 Å². The Morgan fingerprint density at radius 1 is 1.10 bits per heavy atom. The maximum Gasteiger partial charge on any atom is 0.256 e. The highest BCUT2D eigenvalue weighted by Gasteiger charge is 2.23. The van der Waals surface area contributed by atoms with Crippen LogP contribution in [0.2, 0.25) is 5.02 Å². The van der Waals surface area contributed by atoms with Gasteiger partial charge in [-0.25, -0.2) is 0 Å². The molecule has 0 N–H and O–H groups in total. The topological polar surface area (TPSA) is 51.7 Å². The van der Waals surface area contributed by atoms with Crippen LogP contribution in [0.4, 0.5) is 5.69 Å². The number of halogens is 1. The summed E-state index contributed by atoms with van der Waals surface area (Å²) in [5.41, 5.74) is 2.46. The number of benzene rings is 2. The number of ether oxygens (including phenoxy) is 2. The van der Waals surface area contributed by atoms with Crippen LogP contribution in [0.3, 0.4) is 0 Å². The number of pyridine rings is 1. The van der Waals surface area contributed by atoms with E-state index in [1.54, 1.807) is 37.3 Å². The third-order valence-electron chi connectivity index (χ3n) is 4.43. The zero-order valence-electron chi connectivity index (χ0n) is 16.4. The first-order valence-corrected chi connectivity index (χ1v) is 9.66. The Kier molecular flexibility index (Phi) is 7.22. The molecule has 1 atom stereocenters. The quantitative estimate of drug-likeness (QED) is 0.531. The Morgan fingerprint density at radius 2 is 1.90 bits per heavy atom. The van der Waals surface area contributed by atoms with Gasteiger partial charge in [0.25, 0.3) is 5.91 Å². The molecular formula is C23H23ClN2O3. The lowest BCUT2D eigenvalue weighted by Gasteiger charge is -2.26. The Hall–Kier alpha value is -2.89. The molecule has 6 heteroatoms. The number of amides is 1. The average molecular weight is 411 g/mol. The Labute approximate surface area is 175 Å². The van der Waals surface area contributed by atoms with E-state index in [1.165, 1.54) is 0 Å². The summed E-state index contributed by atoms with van der Waals surface area (Å²) in [5.74, 6) is 0.601. The predicted octanol–water partition coefficient (Wildman–Crippen LogP) is 4.88. The third kappa shape index (κ3) is 5.79. The minimum Gasteiger partial charge on any atom is -0.497 e. The summed E-state index contributed by atoms with van der Waals surface area (Å²) in [6, 6.07) is 20.4. The average Bonchev–Trinajstić information content (AvgIpc) is 2.77. The van der Waals surface area contributed by atoms with Gasteiger partial charge in [0.2, 0.25) is 0 Å². The Bertz CT molecular complexity index is 932. The van der Waals surface area contributed by atoms with E-state index in [0.29, 0.717) is 18.2 Å². The van der Waals surface area contributed by atoms with E-state index in [1.807, 2.05) is 54.6 Å². The smallest absolute Gasteiger partial charge is 0.256 e. The van der Waals surface area contributed by atoms with Crippen molar-refractivity contribution in [2.75, 3.05) is 12.0 Å². The molecule has 0 bridgehead atoms.